The number of carboxylic acids is 1. The Bertz CT molecular complexity index is 1490. The summed E-state index contributed by atoms with van der Waals surface area (Å²) in [5.41, 5.74) is 6.06. The van der Waals surface area contributed by atoms with Gasteiger partial charge in [-0.25, -0.2) is 4.98 Å². The summed E-state index contributed by atoms with van der Waals surface area (Å²) in [6, 6.07) is 20.7. The minimum absolute atomic E-state index is 0.0600. The standard InChI is InChI=1S/C28H23ClN4O3/c1-33-15-14-30-27(33)19-7-10-21(11-8-19)31-26(18-5-2-17(3-6-18)4-13-24(34)35)25-22-12-9-20(29)16-23(22)32-28(25)36/h2-3,5-12,14-16,31H,4,13H2,1H3,(H,32,36)(H,34,35). The molecule has 1 aliphatic heterocycles. The second-order valence-electron chi connectivity index (χ2n) is 8.55. The van der Waals surface area contributed by atoms with Crippen molar-refractivity contribution in [1.29, 1.82) is 0 Å². The molecule has 0 spiro atoms. The third kappa shape index (κ3) is 4.74. The Hall–Kier alpha value is -4.36. The fourth-order valence-corrected chi connectivity index (χ4v) is 4.42. The number of hydrogen-bond donors (Lipinski definition) is 3. The molecular formula is C28H23ClN4O3. The van der Waals surface area contributed by atoms with E-state index in [1.165, 1.54) is 0 Å². The molecule has 4 aromatic rings. The van der Waals surface area contributed by atoms with Gasteiger partial charge in [0, 0.05) is 47.7 Å². The summed E-state index contributed by atoms with van der Waals surface area (Å²) in [4.78, 5) is 28.4. The van der Waals surface area contributed by atoms with Crippen molar-refractivity contribution in [3.63, 3.8) is 0 Å². The molecule has 3 aromatic carbocycles. The number of fused-ring (bicyclic) bond motifs is 1. The Kier molecular flexibility index (Phi) is 6.31. The lowest BCUT2D eigenvalue weighted by atomic mass is 9.98. The maximum Gasteiger partial charge on any atom is 0.303 e. The molecule has 1 aliphatic rings. The molecule has 1 aromatic heterocycles. The third-order valence-electron chi connectivity index (χ3n) is 6.08. The lowest BCUT2D eigenvalue weighted by molar-refractivity contribution is -0.137. The van der Waals surface area contributed by atoms with E-state index in [9.17, 15) is 9.59 Å². The number of amides is 1. The smallest absolute Gasteiger partial charge is 0.303 e. The van der Waals surface area contributed by atoms with Crippen LogP contribution in [0.25, 0.3) is 22.7 Å². The monoisotopic (exact) mass is 498 g/mol. The number of carboxylic acid groups (broad SMARTS) is 1. The SMILES string of the molecule is Cn1ccnc1-c1ccc(NC(=C2C(=O)Nc3cc(Cl)ccc32)c2ccc(CCC(=O)O)cc2)cc1. The Labute approximate surface area is 213 Å². The summed E-state index contributed by atoms with van der Waals surface area (Å²) in [6.07, 6.45) is 4.15. The van der Waals surface area contributed by atoms with Gasteiger partial charge in [-0.3, -0.25) is 9.59 Å². The number of imidazole rings is 1. The molecule has 180 valence electrons. The highest BCUT2D eigenvalue weighted by molar-refractivity contribution is 6.38. The van der Waals surface area contributed by atoms with Crippen LogP contribution >= 0.6 is 11.6 Å². The van der Waals surface area contributed by atoms with Crippen LogP contribution in [0.4, 0.5) is 11.4 Å². The number of carbonyl (C=O) groups is 2. The molecule has 8 heteroatoms. The largest absolute Gasteiger partial charge is 0.481 e. The van der Waals surface area contributed by atoms with Gasteiger partial charge in [0.25, 0.3) is 5.91 Å². The number of rotatable bonds is 7. The van der Waals surface area contributed by atoms with Gasteiger partial charge >= 0.3 is 5.97 Å². The lowest BCUT2D eigenvalue weighted by Crippen LogP contribution is -2.10. The minimum Gasteiger partial charge on any atom is -0.481 e. The molecule has 0 saturated heterocycles. The van der Waals surface area contributed by atoms with Crippen molar-refractivity contribution in [2.75, 3.05) is 10.6 Å². The second-order valence-corrected chi connectivity index (χ2v) is 8.99. The van der Waals surface area contributed by atoms with Crippen LogP contribution in [0.5, 0.6) is 0 Å². The first kappa shape index (κ1) is 23.4. The molecular weight excluding hydrogens is 476 g/mol. The van der Waals surface area contributed by atoms with Crippen LogP contribution in [-0.2, 0) is 23.1 Å². The number of aliphatic carboxylic acids is 1. The number of carbonyl (C=O) groups excluding carboxylic acids is 1. The molecule has 0 aliphatic carbocycles. The molecule has 0 saturated carbocycles. The van der Waals surface area contributed by atoms with E-state index in [0.717, 1.165) is 33.8 Å². The van der Waals surface area contributed by atoms with E-state index in [2.05, 4.69) is 15.6 Å². The van der Waals surface area contributed by atoms with Crippen molar-refractivity contribution >= 4 is 46.1 Å². The lowest BCUT2D eigenvalue weighted by Gasteiger charge is -2.16. The zero-order chi connectivity index (χ0) is 25.2. The van der Waals surface area contributed by atoms with Gasteiger partial charge in [-0.2, -0.15) is 0 Å². The van der Waals surface area contributed by atoms with Crippen LogP contribution in [0.2, 0.25) is 5.02 Å². The number of nitrogens with one attached hydrogen (secondary N) is 2. The van der Waals surface area contributed by atoms with Gasteiger partial charge in [-0.1, -0.05) is 41.9 Å². The molecule has 0 bridgehead atoms. The predicted molar refractivity (Wildman–Crippen MR) is 142 cm³/mol. The first-order valence-electron chi connectivity index (χ1n) is 11.4. The summed E-state index contributed by atoms with van der Waals surface area (Å²) in [7, 11) is 1.94. The molecule has 36 heavy (non-hydrogen) atoms. The number of anilines is 2. The molecule has 7 nitrogen and oxygen atoms in total. The molecule has 0 atom stereocenters. The molecule has 5 rings (SSSR count). The zero-order valence-corrected chi connectivity index (χ0v) is 20.2. The quantitative estimate of drug-likeness (QED) is 0.284. The van der Waals surface area contributed by atoms with E-state index in [-0.39, 0.29) is 12.3 Å². The van der Waals surface area contributed by atoms with Crippen LogP contribution in [0.1, 0.15) is 23.1 Å². The molecule has 1 amide bonds. The Balaban J connectivity index is 1.54. The van der Waals surface area contributed by atoms with E-state index in [4.69, 9.17) is 16.7 Å². The topological polar surface area (TPSA) is 96.3 Å². The van der Waals surface area contributed by atoms with Gasteiger partial charge in [0.2, 0.25) is 0 Å². The van der Waals surface area contributed by atoms with Crippen molar-refractivity contribution in [3.05, 3.63) is 101 Å². The molecule has 2 heterocycles. The summed E-state index contributed by atoms with van der Waals surface area (Å²) < 4.78 is 1.95. The Morgan fingerprint density at radius 3 is 2.50 bits per heavy atom. The van der Waals surface area contributed by atoms with Crippen molar-refractivity contribution in [3.8, 4) is 11.4 Å². The van der Waals surface area contributed by atoms with Gasteiger partial charge in [0.15, 0.2) is 0 Å². The van der Waals surface area contributed by atoms with Gasteiger partial charge in [-0.15, -0.1) is 0 Å². The molecule has 3 N–H and O–H groups in total. The number of aromatic nitrogens is 2. The van der Waals surface area contributed by atoms with E-state index >= 15 is 0 Å². The maximum atomic E-state index is 13.1. The van der Waals surface area contributed by atoms with Crippen LogP contribution in [0, 0.1) is 0 Å². The highest BCUT2D eigenvalue weighted by atomic mass is 35.5. The van der Waals surface area contributed by atoms with Gasteiger partial charge in [-0.05, 0) is 53.9 Å². The van der Waals surface area contributed by atoms with Crippen LogP contribution in [0.15, 0.2) is 79.1 Å². The fraction of sp³-hybridized carbons (Fsp3) is 0.107. The minimum atomic E-state index is -0.838. The number of benzene rings is 3. The fourth-order valence-electron chi connectivity index (χ4n) is 4.25. The Morgan fingerprint density at radius 1 is 1.08 bits per heavy atom. The summed E-state index contributed by atoms with van der Waals surface area (Å²) >= 11 is 6.15. The molecule has 0 fully saturated rings. The second kappa shape index (κ2) is 9.71. The van der Waals surface area contributed by atoms with E-state index in [0.29, 0.717) is 28.4 Å². The van der Waals surface area contributed by atoms with Crippen molar-refractivity contribution in [2.45, 2.75) is 12.8 Å². The Morgan fingerprint density at radius 2 is 1.83 bits per heavy atom. The molecule has 0 radical (unpaired) electrons. The first-order chi connectivity index (χ1) is 17.4. The highest BCUT2D eigenvalue weighted by Gasteiger charge is 2.28. The van der Waals surface area contributed by atoms with E-state index in [1.54, 1.807) is 18.3 Å². The van der Waals surface area contributed by atoms with Gasteiger partial charge in [0.05, 0.1) is 17.0 Å². The summed E-state index contributed by atoms with van der Waals surface area (Å²) in [6.45, 7) is 0. The van der Waals surface area contributed by atoms with Crippen molar-refractivity contribution < 1.29 is 14.7 Å². The zero-order valence-electron chi connectivity index (χ0n) is 19.5. The average molecular weight is 499 g/mol. The number of aryl methyl sites for hydroxylation is 2. The predicted octanol–water partition coefficient (Wildman–Crippen LogP) is 5.69. The maximum absolute atomic E-state index is 13.1. The van der Waals surface area contributed by atoms with E-state index < -0.39 is 5.97 Å². The van der Waals surface area contributed by atoms with Crippen molar-refractivity contribution in [1.82, 2.24) is 9.55 Å². The van der Waals surface area contributed by atoms with Gasteiger partial charge in [0.1, 0.15) is 5.82 Å². The van der Waals surface area contributed by atoms with Crippen LogP contribution < -0.4 is 10.6 Å². The number of nitrogens with zero attached hydrogens (tertiary/aromatic N) is 2. The van der Waals surface area contributed by atoms with Crippen LogP contribution in [-0.4, -0.2) is 26.5 Å². The van der Waals surface area contributed by atoms with Crippen molar-refractivity contribution in [2.24, 2.45) is 7.05 Å². The first-order valence-corrected chi connectivity index (χ1v) is 11.8. The number of halogens is 1. The third-order valence-corrected chi connectivity index (χ3v) is 6.32. The van der Waals surface area contributed by atoms with Gasteiger partial charge < -0.3 is 20.3 Å². The average Bonchev–Trinajstić information content (AvgIpc) is 3.43. The summed E-state index contributed by atoms with van der Waals surface area (Å²) in [5.74, 6) is -0.206. The summed E-state index contributed by atoms with van der Waals surface area (Å²) in [5, 5.41) is 15.9. The van der Waals surface area contributed by atoms with E-state index in [1.807, 2.05) is 72.4 Å². The van der Waals surface area contributed by atoms with Crippen LogP contribution in [0.3, 0.4) is 0 Å². The highest BCUT2D eigenvalue weighted by Crippen LogP contribution is 2.39. The molecule has 0 unspecified atom stereocenters. The number of hydrogen-bond acceptors (Lipinski definition) is 4. The normalized spacial score (nSPS) is 13.8.